The lowest BCUT2D eigenvalue weighted by Gasteiger charge is -2.09. The Hall–Kier alpha value is -2.47. The van der Waals surface area contributed by atoms with Gasteiger partial charge in [-0.2, -0.15) is 5.10 Å². The van der Waals surface area contributed by atoms with E-state index in [-0.39, 0.29) is 12.5 Å². The van der Waals surface area contributed by atoms with Crippen molar-refractivity contribution in [1.82, 2.24) is 5.43 Å². The summed E-state index contributed by atoms with van der Waals surface area (Å²) < 4.78 is 11.2. The molecule has 0 spiro atoms. The van der Waals surface area contributed by atoms with E-state index in [4.69, 9.17) is 44.0 Å². The molecule has 0 unspecified atom stereocenters. The number of furan rings is 1. The molecule has 0 atom stereocenters. The molecule has 2 aromatic carbocycles. The van der Waals surface area contributed by atoms with Gasteiger partial charge in [-0.25, -0.2) is 5.43 Å². The summed E-state index contributed by atoms with van der Waals surface area (Å²) in [6.07, 6.45) is 1.38. The number of halogens is 3. The standard InChI is InChI=1S/C21H17Cl3N2O3/c1-12-4-3-5-19(13(12)2)28-11-21(27)26-25-10-14-6-7-20(29-14)15-8-17(23)18(24)9-16(15)22/h3-10H,11H2,1-2H3,(H,26,27). The van der Waals surface area contributed by atoms with Gasteiger partial charge in [-0.1, -0.05) is 46.9 Å². The number of ether oxygens (including phenoxy) is 1. The molecule has 0 aliphatic rings. The highest BCUT2D eigenvalue weighted by molar-refractivity contribution is 6.44. The number of benzene rings is 2. The van der Waals surface area contributed by atoms with E-state index in [0.29, 0.717) is 37.9 Å². The zero-order valence-electron chi connectivity index (χ0n) is 15.6. The summed E-state index contributed by atoms with van der Waals surface area (Å²) in [5, 5.41) is 5.02. The fourth-order valence-electron chi connectivity index (χ4n) is 2.50. The van der Waals surface area contributed by atoms with Crippen LogP contribution in [0.5, 0.6) is 5.75 Å². The van der Waals surface area contributed by atoms with Gasteiger partial charge >= 0.3 is 0 Å². The number of carbonyl (C=O) groups is 1. The highest BCUT2D eigenvalue weighted by Gasteiger charge is 2.11. The third-order valence-electron chi connectivity index (χ3n) is 4.20. The molecular weight excluding hydrogens is 435 g/mol. The van der Waals surface area contributed by atoms with E-state index in [0.717, 1.165) is 11.1 Å². The van der Waals surface area contributed by atoms with E-state index in [2.05, 4.69) is 10.5 Å². The van der Waals surface area contributed by atoms with Crippen LogP contribution < -0.4 is 10.2 Å². The monoisotopic (exact) mass is 450 g/mol. The molecule has 0 bridgehead atoms. The van der Waals surface area contributed by atoms with Crippen molar-refractivity contribution < 1.29 is 13.9 Å². The van der Waals surface area contributed by atoms with Crippen molar-refractivity contribution in [3.8, 4) is 17.1 Å². The normalized spacial score (nSPS) is 11.1. The van der Waals surface area contributed by atoms with Crippen LogP contribution in [0.1, 0.15) is 16.9 Å². The van der Waals surface area contributed by atoms with Crippen molar-refractivity contribution in [3.63, 3.8) is 0 Å². The fraction of sp³-hybridized carbons (Fsp3) is 0.143. The average molecular weight is 452 g/mol. The lowest BCUT2D eigenvalue weighted by Crippen LogP contribution is -2.24. The number of nitrogens with zero attached hydrogens (tertiary/aromatic N) is 1. The van der Waals surface area contributed by atoms with Crippen LogP contribution in [0.15, 0.2) is 52.0 Å². The molecule has 1 aromatic heterocycles. The molecule has 1 N–H and O–H groups in total. The maximum Gasteiger partial charge on any atom is 0.277 e. The largest absolute Gasteiger partial charge is 0.483 e. The topological polar surface area (TPSA) is 63.8 Å². The molecule has 1 amide bonds. The molecule has 8 heteroatoms. The second-order valence-corrected chi connectivity index (χ2v) is 7.45. The summed E-state index contributed by atoms with van der Waals surface area (Å²) in [5.41, 5.74) is 5.08. The van der Waals surface area contributed by atoms with Gasteiger partial charge in [0.15, 0.2) is 6.61 Å². The van der Waals surface area contributed by atoms with Gasteiger partial charge in [-0.15, -0.1) is 0 Å². The van der Waals surface area contributed by atoms with Crippen molar-refractivity contribution in [2.24, 2.45) is 5.10 Å². The molecule has 3 aromatic rings. The number of hydrazone groups is 1. The first kappa shape index (κ1) is 21.2. The molecule has 0 saturated carbocycles. The van der Waals surface area contributed by atoms with Gasteiger partial charge in [0.2, 0.25) is 0 Å². The van der Waals surface area contributed by atoms with Crippen molar-refractivity contribution in [3.05, 3.63) is 74.4 Å². The average Bonchev–Trinajstić information content (AvgIpc) is 3.14. The Bertz CT molecular complexity index is 1080. The van der Waals surface area contributed by atoms with Crippen LogP contribution in [0.2, 0.25) is 15.1 Å². The summed E-state index contributed by atoms with van der Waals surface area (Å²) in [6, 6.07) is 12.3. The molecule has 150 valence electrons. The van der Waals surface area contributed by atoms with Gasteiger partial charge in [0.05, 0.1) is 21.3 Å². The SMILES string of the molecule is Cc1cccc(OCC(=O)NN=Cc2ccc(-c3cc(Cl)c(Cl)cc3Cl)o2)c1C. The minimum absolute atomic E-state index is 0.149. The summed E-state index contributed by atoms with van der Waals surface area (Å²) >= 11 is 18.2. The Labute approximate surface area is 183 Å². The maximum absolute atomic E-state index is 11.9. The minimum atomic E-state index is -0.388. The fourth-order valence-corrected chi connectivity index (χ4v) is 3.14. The van der Waals surface area contributed by atoms with Crippen molar-refractivity contribution in [1.29, 1.82) is 0 Å². The van der Waals surface area contributed by atoms with Crippen molar-refractivity contribution in [2.75, 3.05) is 6.61 Å². The predicted octanol–water partition coefficient (Wildman–Crippen LogP) is 6.05. The van der Waals surface area contributed by atoms with E-state index in [1.165, 1.54) is 6.21 Å². The van der Waals surface area contributed by atoms with E-state index in [1.807, 2.05) is 32.0 Å². The highest BCUT2D eigenvalue weighted by Crippen LogP contribution is 2.35. The van der Waals surface area contributed by atoms with Gasteiger partial charge in [0.1, 0.15) is 17.3 Å². The van der Waals surface area contributed by atoms with E-state index in [1.54, 1.807) is 24.3 Å². The van der Waals surface area contributed by atoms with Crippen LogP contribution >= 0.6 is 34.8 Å². The maximum atomic E-state index is 11.9. The third-order valence-corrected chi connectivity index (χ3v) is 5.23. The van der Waals surface area contributed by atoms with Crippen molar-refractivity contribution >= 4 is 46.9 Å². The van der Waals surface area contributed by atoms with Gasteiger partial charge in [0.25, 0.3) is 5.91 Å². The molecule has 0 fully saturated rings. The van der Waals surface area contributed by atoms with Crippen LogP contribution in [-0.4, -0.2) is 18.7 Å². The lowest BCUT2D eigenvalue weighted by molar-refractivity contribution is -0.123. The van der Waals surface area contributed by atoms with E-state index in [9.17, 15) is 4.79 Å². The van der Waals surface area contributed by atoms with Gasteiger partial charge in [0, 0.05) is 5.56 Å². The van der Waals surface area contributed by atoms with Crippen LogP contribution in [-0.2, 0) is 4.79 Å². The summed E-state index contributed by atoms with van der Waals surface area (Å²) in [7, 11) is 0. The van der Waals surface area contributed by atoms with Crippen LogP contribution in [0.3, 0.4) is 0 Å². The first-order chi connectivity index (χ1) is 13.8. The number of hydrogen-bond acceptors (Lipinski definition) is 4. The van der Waals surface area contributed by atoms with Gasteiger partial charge in [-0.05, 0) is 55.3 Å². The zero-order chi connectivity index (χ0) is 21.0. The number of hydrogen-bond donors (Lipinski definition) is 1. The Kier molecular flexibility index (Phi) is 6.85. The van der Waals surface area contributed by atoms with Gasteiger partial charge in [-0.3, -0.25) is 4.79 Å². The quantitative estimate of drug-likeness (QED) is 0.282. The molecule has 5 nitrogen and oxygen atoms in total. The Morgan fingerprint density at radius 2 is 1.86 bits per heavy atom. The second-order valence-electron chi connectivity index (χ2n) is 6.23. The smallest absolute Gasteiger partial charge is 0.277 e. The van der Waals surface area contributed by atoms with E-state index >= 15 is 0 Å². The zero-order valence-corrected chi connectivity index (χ0v) is 17.9. The van der Waals surface area contributed by atoms with Crippen molar-refractivity contribution in [2.45, 2.75) is 13.8 Å². The molecule has 3 rings (SSSR count). The minimum Gasteiger partial charge on any atom is -0.483 e. The Balaban J connectivity index is 1.58. The lowest BCUT2D eigenvalue weighted by atomic mass is 10.1. The molecule has 0 radical (unpaired) electrons. The van der Waals surface area contributed by atoms with E-state index < -0.39 is 0 Å². The number of aryl methyl sites for hydroxylation is 1. The van der Waals surface area contributed by atoms with Crippen LogP contribution in [0.25, 0.3) is 11.3 Å². The Morgan fingerprint density at radius 1 is 1.10 bits per heavy atom. The summed E-state index contributed by atoms with van der Waals surface area (Å²) in [5.74, 6) is 1.21. The summed E-state index contributed by atoms with van der Waals surface area (Å²) in [6.45, 7) is 3.77. The molecule has 0 aliphatic heterocycles. The molecular formula is C21H17Cl3N2O3. The first-order valence-electron chi connectivity index (χ1n) is 8.61. The first-order valence-corrected chi connectivity index (χ1v) is 9.74. The number of rotatable bonds is 6. The summed E-state index contributed by atoms with van der Waals surface area (Å²) in [4.78, 5) is 11.9. The molecule has 1 heterocycles. The molecule has 0 aliphatic carbocycles. The predicted molar refractivity (Wildman–Crippen MR) is 116 cm³/mol. The number of nitrogens with one attached hydrogen (secondary N) is 1. The molecule has 0 saturated heterocycles. The number of amides is 1. The number of carbonyl (C=O) groups excluding carboxylic acids is 1. The second kappa shape index (κ2) is 9.35. The highest BCUT2D eigenvalue weighted by atomic mass is 35.5. The molecule has 29 heavy (non-hydrogen) atoms. The van der Waals surface area contributed by atoms with Crippen LogP contribution in [0.4, 0.5) is 0 Å². The third kappa shape index (κ3) is 5.32. The Morgan fingerprint density at radius 3 is 2.66 bits per heavy atom. The van der Waals surface area contributed by atoms with Crippen LogP contribution in [0, 0.1) is 13.8 Å². The van der Waals surface area contributed by atoms with Gasteiger partial charge < -0.3 is 9.15 Å².